The lowest BCUT2D eigenvalue weighted by molar-refractivity contribution is -0.143. The van der Waals surface area contributed by atoms with Gasteiger partial charge in [-0.2, -0.15) is 0 Å². The standard InChI is InChI=1S/C23H31N3O2/c27-21-18-8-4-5-9-20(18)24-23(25-21)15-16-10-11-17(23)14-19(16)22(28)26-12-6-2-1-3-7-13-26/h4-5,8-9,16-17,19,24H,1-3,6-7,10-15H2,(H,25,27)/t16-,17+,19-,23+/m0/s1. The van der Waals surface area contributed by atoms with Gasteiger partial charge in [0.15, 0.2) is 0 Å². The van der Waals surface area contributed by atoms with Crippen LogP contribution in [0.5, 0.6) is 0 Å². The van der Waals surface area contributed by atoms with Gasteiger partial charge in [0, 0.05) is 30.6 Å². The van der Waals surface area contributed by atoms with E-state index < -0.39 is 0 Å². The minimum absolute atomic E-state index is 0.0218. The molecule has 0 radical (unpaired) electrons. The van der Waals surface area contributed by atoms with Crippen LogP contribution in [0, 0.1) is 17.8 Å². The average Bonchev–Trinajstić information content (AvgIpc) is 2.67. The molecule has 1 aromatic rings. The molecule has 28 heavy (non-hydrogen) atoms. The Labute approximate surface area is 167 Å². The normalized spacial score (nSPS) is 34.8. The van der Waals surface area contributed by atoms with E-state index in [9.17, 15) is 9.59 Å². The van der Waals surface area contributed by atoms with Crippen molar-refractivity contribution in [3.63, 3.8) is 0 Å². The molecule has 4 atom stereocenters. The first-order valence-electron chi connectivity index (χ1n) is 11.1. The highest BCUT2D eigenvalue weighted by Gasteiger charge is 2.55. The van der Waals surface area contributed by atoms with Gasteiger partial charge in [-0.1, -0.05) is 31.4 Å². The third-order valence-corrected chi connectivity index (χ3v) is 7.63. The lowest BCUT2D eigenvalue weighted by Gasteiger charge is -2.56. The van der Waals surface area contributed by atoms with Crippen molar-refractivity contribution < 1.29 is 9.59 Å². The molecule has 2 bridgehead atoms. The molecule has 2 amide bonds. The fourth-order valence-corrected chi connectivity index (χ4v) is 6.15. The molecule has 5 aliphatic rings. The van der Waals surface area contributed by atoms with E-state index in [1.54, 1.807) is 0 Å². The summed E-state index contributed by atoms with van der Waals surface area (Å²) in [5, 5.41) is 6.98. The van der Waals surface area contributed by atoms with E-state index in [1.807, 2.05) is 24.3 Å². The van der Waals surface area contributed by atoms with E-state index in [4.69, 9.17) is 0 Å². The number of amides is 2. The van der Waals surface area contributed by atoms with Gasteiger partial charge in [-0.25, -0.2) is 0 Å². The SMILES string of the molecule is O=C1N[C@@]2(C[C@@H]3CC[C@@H]2C[C@@H]3C(=O)N2CCCCCCC2)Nc2ccccc21. The van der Waals surface area contributed by atoms with Crippen molar-refractivity contribution >= 4 is 17.5 Å². The Morgan fingerprint density at radius 2 is 1.75 bits per heavy atom. The van der Waals surface area contributed by atoms with Crippen molar-refractivity contribution in [1.82, 2.24) is 10.2 Å². The molecule has 150 valence electrons. The predicted molar refractivity (Wildman–Crippen MR) is 109 cm³/mol. The summed E-state index contributed by atoms with van der Waals surface area (Å²) in [6.45, 7) is 1.86. The van der Waals surface area contributed by atoms with E-state index in [-0.39, 0.29) is 17.5 Å². The van der Waals surface area contributed by atoms with E-state index in [0.717, 1.165) is 62.9 Å². The maximum absolute atomic E-state index is 13.4. The molecule has 3 aliphatic carbocycles. The number of para-hydroxylation sites is 1. The smallest absolute Gasteiger partial charge is 0.255 e. The highest BCUT2D eigenvalue weighted by molar-refractivity contribution is 6.02. The fraction of sp³-hybridized carbons (Fsp3) is 0.652. The van der Waals surface area contributed by atoms with Crippen LogP contribution in [-0.2, 0) is 4.79 Å². The number of rotatable bonds is 1. The molecule has 2 aliphatic heterocycles. The number of benzene rings is 1. The van der Waals surface area contributed by atoms with Gasteiger partial charge in [-0.15, -0.1) is 0 Å². The van der Waals surface area contributed by atoms with Crippen LogP contribution in [0.1, 0.15) is 68.1 Å². The number of carbonyl (C=O) groups is 2. The van der Waals surface area contributed by atoms with E-state index in [0.29, 0.717) is 17.7 Å². The summed E-state index contributed by atoms with van der Waals surface area (Å²) in [6, 6.07) is 7.76. The van der Waals surface area contributed by atoms with Crippen LogP contribution in [0.4, 0.5) is 5.69 Å². The summed E-state index contributed by atoms with van der Waals surface area (Å²) in [6.07, 6.45) is 10.1. The quantitative estimate of drug-likeness (QED) is 0.778. The number of hydrogen-bond donors (Lipinski definition) is 2. The van der Waals surface area contributed by atoms with Crippen LogP contribution < -0.4 is 10.6 Å². The number of fused-ring (bicyclic) bond motifs is 3. The Morgan fingerprint density at radius 3 is 2.50 bits per heavy atom. The van der Waals surface area contributed by atoms with E-state index in [2.05, 4.69) is 15.5 Å². The summed E-state index contributed by atoms with van der Waals surface area (Å²) in [7, 11) is 0. The molecule has 2 N–H and O–H groups in total. The van der Waals surface area contributed by atoms with E-state index in [1.165, 1.54) is 19.3 Å². The lowest BCUT2D eigenvalue weighted by atomic mass is 9.58. The summed E-state index contributed by atoms with van der Waals surface area (Å²) < 4.78 is 0. The molecule has 5 nitrogen and oxygen atoms in total. The topological polar surface area (TPSA) is 61.4 Å². The van der Waals surface area contributed by atoms with Crippen LogP contribution >= 0.6 is 0 Å². The number of carbonyl (C=O) groups excluding carboxylic acids is 2. The van der Waals surface area contributed by atoms with Gasteiger partial charge in [0.25, 0.3) is 5.91 Å². The molecule has 5 heteroatoms. The van der Waals surface area contributed by atoms with Gasteiger partial charge in [0.1, 0.15) is 5.66 Å². The number of likely N-dealkylation sites (tertiary alicyclic amines) is 1. The molecule has 1 spiro atoms. The molecular formula is C23H31N3O2. The monoisotopic (exact) mass is 381 g/mol. The predicted octanol–water partition coefficient (Wildman–Crippen LogP) is 3.77. The Balaban J connectivity index is 1.34. The van der Waals surface area contributed by atoms with Gasteiger partial charge in [0.05, 0.1) is 5.56 Å². The molecular weight excluding hydrogens is 350 g/mol. The third kappa shape index (κ3) is 2.99. The minimum Gasteiger partial charge on any atom is -0.362 e. The second kappa shape index (κ2) is 7.09. The van der Waals surface area contributed by atoms with Crippen molar-refractivity contribution in [2.24, 2.45) is 17.8 Å². The fourth-order valence-electron chi connectivity index (χ4n) is 6.15. The van der Waals surface area contributed by atoms with Crippen molar-refractivity contribution in [3.05, 3.63) is 29.8 Å². The molecule has 1 aromatic carbocycles. The largest absolute Gasteiger partial charge is 0.362 e. The molecule has 2 heterocycles. The van der Waals surface area contributed by atoms with Gasteiger partial charge >= 0.3 is 0 Å². The van der Waals surface area contributed by atoms with Gasteiger partial charge in [-0.3, -0.25) is 9.59 Å². The zero-order chi connectivity index (χ0) is 19.1. The van der Waals surface area contributed by atoms with Gasteiger partial charge < -0.3 is 15.5 Å². The first-order chi connectivity index (χ1) is 13.7. The lowest BCUT2D eigenvalue weighted by Crippen LogP contribution is -2.68. The average molecular weight is 382 g/mol. The maximum atomic E-state index is 13.4. The number of hydrogen-bond acceptors (Lipinski definition) is 3. The molecule has 3 saturated carbocycles. The second-order valence-corrected chi connectivity index (χ2v) is 9.27. The molecule has 6 rings (SSSR count). The first kappa shape index (κ1) is 18.0. The minimum atomic E-state index is -0.374. The summed E-state index contributed by atoms with van der Waals surface area (Å²) in [5.74, 6) is 1.22. The van der Waals surface area contributed by atoms with Crippen molar-refractivity contribution in [3.8, 4) is 0 Å². The Kier molecular flexibility index (Phi) is 4.56. The first-order valence-corrected chi connectivity index (χ1v) is 11.1. The highest BCUT2D eigenvalue weighted by atomic mass is 16.2. The second-order valence-electron chi connectivity index (χ2n) is 9.27. The Bertz CT molecular complexity index is 771. The number of nitrogens with one attached hydrogen (secondary N) is 2. The third-order valence-electron chi connectivity index (χ3n) is 7.63. The van der Waals surface area contributed by atoms with Gasteiger partial charge in [0.2, 0.25) is 5.91 Å². The molecule has 4 fully saturated rings. The number of nitrogens with zero attached hydrogens (tertiary/aromatic N) is 1. The zero-order valence-electron chi connectivity index (χ0n) is 16.6. The van der Waals surface area contributed by atoms with E-state index >= 15 is 0 Å². The number of anilines is 1. The summed E-state index contributed by atoms with van der Waals surface area (Å²) in [4.78, 5) is 28.3. The van der Waals surface area contributed by atoms with Crippen molar-refractivity contribution in [2.45, 2.75) is 63.5 Å². The van der Waals surface area contributed by atoms with Crippen molar-refractivity contribution in [1.29, 1.82) is 0 Å². The Morgan fingerprint density at radius 1 is 1.00 bits per heavy atom. The zero-order valence-corrected chi connectivity index (χ0v) is 16.6. The van der Waals surface area contributed by atoms with Gasteiger partial charge in [-0.05, 0) is 56.6 Å². The van der Waals surface area contributed by atoms with Crippen LogP contribution in [0.15, 0.2) is 24.3 Å². The Hall–Kier alpha value is -2.04. The summed E-state index contributed by atoms with van der Waals surface area (Å²) >= 11 is 0. The van der Waals surface area contributed by atoms with Crippen molar-refractivity contribution in [2.75, 3.05) is 18.4 Å². The van der Waals surface area contributed by atoms with Crippen LogP contribution in [0.3, 0.4) is 0 Å². The van der Waals surface area contributed by atoms with Crippen LogP contribution in [0.25, 0.3) is 0 Å². The summed E-state index contributed by atoms with van der Waals surface area (Å²) in [5.41, 5.74) is 1.29. The highest BCUT2D eigenvalue weighted by Crippen LogP contribution is 2.52. The molecule has 0 aromatic heterocycles. The maximum Gasteiger partial charge on any atom is 0.255 e. The molecule has 0 unspecified atom stereocenters. The van der Waals surface area contributed by atoms with Crippen LogP contribution in [0.2, 0.25) is 0 Å². The molecule has 1 saturated heterocycles. The van der Waals surface area contributed by atoms with Crippen LogP contribution in [-0.4, -0.2) is 35.5 Å².